The van der Waals surface area contributed by atoms with E-state index in [1.165, 1.54) is 22.3 Å². The minimum Gasteiger partial charge on any atom is -0.289 e. The van der Waals surface area contributed by atoms with Gasteiger partial charge in [0.25, 0.3) is 0 Å². The van der Waals surface area contributed by atoms with E-state index in [2.05, 4.69) is 43.9 Å². The summed E-state index contributed by atoms with van der Waals surface area (Å²) in [7, 11) is 2.01. The molecule has 2 heteroatoms. The highest BCUT2D eigenvalue weighted by Gasteiger charge is 2.22. The first-order chi connectivity index (χ1) is 8.27. The first-order valence-electron chi connectivity index (χ1n) is 6.47. The van der Waals surface area contributed by atoms with E-state index in [0.717, 1.165) is 13.0 Å². The molecule has 0 atom stereocenters. The lowest BCUT2D eigenvalue weighted by Gasteiger charge is -2.29. The van der Waals surface area contributed by atoms with E-state index >= 15 is 0 Å². The molecule has 0 aliphatic carbocycles. The molecule has 0 radical (unpaired) electrons. The molecule has 18 heavy (non-hydrogen) atoms. The Hall–Kier alpha value is -1.33. The zero-order chi connectivity index (χ0) is 13.9. The molecule has 0 amide bonds. The van der Waals surface area contributed by atoms with Gasteiger partial charge >= 0.3 is 0 Å². The molecule has 0 saturated carbocycles. The SMILES string of the molecule is Cc1cc(C)c(CCN(C)C(C)(C)C#N)cc1C. The number of hydrogen-bond donors (Lipinski definition) is 0. The zero-order valence-corrected chi connectivity index (χ0v) is 12.5. The molecule has 0 fully saturated rings. The predicted molar refractivity (Wildman–Crippen MR) is 76.7 cm³/mol. The van der Waals surface area contributed by atoms with Crippen LogP contribution in [0.1, 0.15) is 36.1 Å². The van der Waals surface area contributed by atoms with Crippen LogP contribution in [-0.4, -0.2) is 24.0 Å². The Morgan fingerprint density at radius 1 is 1.11 bits per heavy atom. The summed E-state index contributed by atoms with van der Waals surface area (Å²) < 4.78 is 0. The Labute approximate surface area is 111 Å². The minimum atomic E-state index is -0.395. The summed E-state index contributed by atoms with van der Waals surface area (Å²) in [5.41, 5.74) is 5.04. The van der Waals surface area contributed by atoms with Crippen LogP contribution in [0.5, 0.6) is 0 Å². The third-order valence-electron chi connectivity index (χ3n) is 3.90. The van der Waals surface area contributed by atoms with E-state index < -0.39 is 5.54 Å². The number of nitrogens with zero attached hydrogens (tertiary/aromatic N) is 2. The predicted octanol–water partition coefficient (Wildman–Crippen LogP) is 3.39. The van der Waals surface area contributed by atoms with Gasteiger partial charge < -0.3 is 0 Å². The van der Waals surface area contributed by atoms with E-state index in [1.54, 1.807) is 0 Å². The van der Waals surface area contributed by atoms with Gasteiger partial charge in [0, 0.05) is 6.54 Å². The van der Waals surface area contributed by atoms with E-state index in [9.17, 15) is 0 Å². The third kappa shape index (κ3) is 3.34. The van der Waals surface area contributed by atoms with Crippen molar-refractivity contribution in [1.82, 2.24) is 4.90 Å². The van der Waals surface area contributed by atoms with Gasteiger partial charge in [-0.05, 0) is 70.3 Å². The van der Waals surface area contributed by atoms with Crippen LogP contribution < -0.4 is 0 Å². The van der Waals surface area contributed by atoms with Gasteiger partial charge in [-0.15, -0.1) is 0 Å². The van der Waals surface area contributed by atoms with Crippen molar-refractivity contribution in [1.29, 1.82) is 5.26 Å². The lowest BCUT2D eigenvalue weighted by Crippen LogP contribution is -2.40. The molecular formula is C16H24N2. The molecule has 1 aromatic carbocycles. The first kappa shape index (κ1) is 14.7. The fourth-order valence-corrected chi connectivity index (χ4v) is 1.94. The van der Waals surface area contributed by atoms with Crippen LogP contribution in [0.2, 0.25) is 0 Å². The van der Waals surface area contributed by atoms with E-state index in [0.29, 0.717) is 0 Å². The van der Waals surface area contributed by atoms with Crippen LogP contribution in [0.15, 0.2) is 12.1 Å². The zero-order valence-electron chi connectivity index (χ0n) is 12.5. The van der Waals surface area contributed by atoms with E-state index in [1.807, 2.05) is 20.9 Å². The number of benzene rings is 1. The summed E-state index contributed by atoms with van der Waals surface area (Å²) in [6.07, 6.45) is 0.995. The van der Waals surface area contributed by atoms with Gasteiger partial charge in [-0.1, -0.05) is 12.1 Å². The number of likely N-dealkylation sites (N-methyl/N-ethyl adjacent to an activating group) is 1. The quantitative estimate of drug-likeness (QED) is 0.811. The third-order valence-corrected chi connectivity index (χ3v) is 3.90. The molecule has 0 aliphatic heterocycles. The second-order valence-electron chi connectivity index (χ2n) is 5.71. The standard InChI is InChI=1S/C16H24N2/c1-12-9-14(3)15(10-13(12)2)7-8-18(6)16(4,5)11-17/h9-10H,7-8H2,1-6H3. The number of aryl methyl sites for hydroxylation is 3. The van der Waals surface area contributed by atoms with Crippen molar-refractivity contribution in [2.75, 3.05) is 13.6 Å². The average molecular weight is 244 g/mol. The Kier molecular flexibility index (Phi) is 4.53. The van der Waals surface area contributed by atoms with Crippen LogP contribution in [0.4, 0.5) is 0 Å². The Bertz CT molecular complexity index is 467. The molecule has 0 heterocycles. The highest BCUT2D eigenvalue weighted by atomic mass is 15.2. The summed E-state index contributed by atoms with van der Waals surface area (Å²) in [4.78, 5) is 2.11. The van der Waals surface area contributed by atoms with Crippen LogP contribution in [-0.2, 0) is 6.42 Å². The first-order valence-corrected chi connectivity index (χ1v) is 6.47. The van der Waals surface area contributed by atoms with Crippen molar-refractivity contribution in [2.45, 2.75) is 46.6 Å². The highest BCUT2D eigenvalue weighted by Crippen LogP contribution is 2.17. The number of hydrogen-bond acceptors (Lipinski definition) is 2. The maximum atomic E-state index is 9.11. The Morgan fingerprint density at radius 3 is 2.22 bits per heavy atom. The summed E-state index contributed by atoms with van der Waals surface area (Å²) in [6.45, 7) is 11.3. The molecule has 1 aromatic rings. The molecule has 2 nitrogen and oxygen atoms in total. The molecule has 1 rings (SSSR count). The molecule has 0 unspecified atom stereocenters. The Morgan fingerprint density at radius 2 is 1.67 bits per heavy atom. The largest absolute Gasteiger partial charge is 0.289 e. The van der Waals surface area contributed by atoms with Gasteiger partial charge in [0.05, 0.1) is 6.07 Å². The van der Waals surface area contributed by atoms with Crippen LogP contribution in [0.3, 0.4) is 0 Å². The molecule has 0 saturated heterocycles. The van der Waals surface area contributed by atoms with Crippen LogP contribution in [0, 0.1) is 32.1 Å². The van der Waals surface area contributed by atoms with Crippen molar-refractivity contribution in [3.8, 4) is 6.07 Å². The van der Waals surface area contributed by atoms with Crippen molar-refractivity contribution >= 4 is 0 Å². The number of rotatable bonds is 4. The van der Waals surface area contributed by atoms with Gasteiger partial charge in [0.1, 0.15) is 5.54 Å². The minimum absolute atomic E-state index is 0.395. The van der Waals surface area contributed by atoms with Gasteiger partial charge in [-0.2, -0.15) is 5.26 Å². The summed E-state index contributed by atoms with van der Waals surface area (Å²) in [5.74, 6) is 0. The topological polar surface area (TPSA) is 27.0 Å². The molecule has 0 aliphatic rings. The molecule has 0 aromatic heterocycles. The fraction of sp³-hybridized carbons (Fsp3) is 0.562. The van der Waals surface area contributed by atoms with Crippen LogP contribution >= 0.6 is 0 Å². The van der Waals surface area contributed by atoms with Gasteiger partial charge in [0.15, 0.2) is 0 Å². The molecule has 98 valence electrons. The fourth-order valence-electron chi connectivity index (χ4n) is 1.94. The van der Waals surface area contributed by atoms with Crippen molar-refractivity contribution < 1.29 is 0 Å². The van der Waals surface area contributed by atoms with Crippen molar-refractivity contribution in [3.05, 3.63) is 34.4 Å². The van der Waals surface area contributed by atoms with Gasteiger partial charge in [-0.3, -0.25) is 4.90 Å². The lowest BCUT2D eigenvalue weighted by atomic mass is 9.98. The molecule has 0 N–H and O–H groups in total. The van der Waals surface area contributed by atoms with E-state index in [-0.39, 0.29) is 0 Å². The van der Waals surface area contributed by atoms with Gasteiger partial charge in [0.2, 0.25) is 0 Å². The summed E-state index contributed by atoms with van der Waals surface area (Å²) in [6, 6.07) is 6.86. The number of nitriles is 1. The highest BCUT2D eigenvalue weighted by molar-refractivity contribution is 5.36. The second kappa shape index (κ2) is 5.54. The van der Waals surface area contributed by atoms with E-state index in [4.69, 9.17) is 5.26 Å². The van der Waals surface area contributed by atoms with Crippen molar-refractivity contribution in [3.63, 3.8) is 0 Å². The molecule has 0 bridgehead atoms. The average Bonchev–Trinajstić information content (AvgIpc) is 2.31. The van der Waals surface area contributed by atoms with Crippen molar-refractivity contribution in [2.24, 2.45) is 0 Å². The molecular weight excluding hydrogens is 220 g/mol. The monoisotopic (exact) mass is 244 g/mol. The van der Waals surface area contributed by atoms with Crippen LogP contribution in [0.25, 0.3) is 0 Å². The molecule has 0 spiro atoms. The smallest absolute Gasteiger partial charge is 0.103 e. The second-order valence-corrected chi connectivity index (χ2v) is 5.71. The summed E-state index contributed by atoms with van der Waals surface area (Å²) >= 11 is 0. The Balaban J connectivity index is 2.76. The summed E-state index contributed by atoms with van der Waals surface area (Å²) in [5, 5.41) is 9.11. The maximum Gasteiger partial charge on any atom is 0.103 e. The maximum absolute atomic E-state index is 9.11. The normalized spacial score (nSPS) is 11.7. The lowest BCUT2D eigenvalue weighted by molar-refractivity contribution is 0.214. The van der Waals surface area contributed by atoms with Gasteiger partial charge in [-0.25, -0.2) is 0 Å².